The molecule has 2 N–H and O–H groups in total. The highest BCUT2D eigenvalue weighted by molar-refractivity contribution is 7.80. The van der Waals surface area contributed by atoms with Crippen molar-refractivity contribution in [2.24, 2.45) is 0 Å². The number of ketones is 1. The standard InChI is InChI=1S/C18H20N2OS/c1-12(2)14-6-4-8-16(10-14)19-18(22)20-17-9-5-7-15(11-17)13(3)21/h4-12H,1-3H3,(H2,19,20,22). The van der Waals surface area contributed by atoms with Crippen molar-refractivity contribution in [3.63, 3.8) is 0 Å². The van der Waals surface area contributed by atoms with Crippen molar-refractivity contribution in [2.45, 2.75) is 26.7 Å². The van der Waals surface area contributed by atoms with Crippen LogP contribution in [-0.4, -0.2) is 10.9 Å². The molecular formula is C18H20N2OS. The number of hydrogen-bond donors (Lipinski definition) is 2. The van der Waals surface area contributed by atoms with Crippen LogP contribution in [0.3, 0.4) is 0 Å². The summed E-state index contributed by atoms with van der Waals surface area (Å²) in [5.41, 5.74) is 3.66. The molecular weight excluding hydrogens is 292 g/mol. The number of anilines is 2. The van der Waals surface area contributed by atoms with E-state index in [1.807, 2.05) is 24.3 Å². The summed E-state index contributed by atoms with van der Waals surface area (Å²) in [6.07, 6.45) is 0. The van der Waals surface area contributed by atoms with Gasteiger partial charge in [0.1, 0.15) is 0 Å². The molecule has 0 aliphatic carbocycles. The number of thiocarbonyl (C=S) groups is 1. The maximum Gasteiger partial charge on any atom is 0.175 e. The minimum absolute atomic E-state index is 0.0344. The Hall–Kier alpha value is -2.20. The van der Waals surface area contributed by atoms with Crippen LogP contribution in [0.4, 0.5) is 11.4 Å². The highest BCUT2D eigenvalue weighted by atomic mass is 32.1. The Balaban J connectivity index is 2.05. The van der Waals surface area contributed by atoms with E-state index >= 15 is 0 Å². The number of hydrogen-bond acceptors (Lipinski definition) is 2. The zero-order chi connectivity index (χ0) is 16.1. The Morgan fingerprint density at radius 3 is 2.18 bits per heavy atom. The molecule has 3 nitrogen and oxygen atoms in total. The van der Waals surface area contributed by atoms with Gasteiger partial charge in [0, 0.05) is 16.9 Å². The highest BCUT2D eigenvalue weighted by Crippen LogP contribution is 2.19. The first-order valence-corrected chi connectivity index (χ1v) is 7.65. The first kappa shape index (κ1) is 16.2. The lowest BCUT2D eigenvalue weighted by Crippen LogP contribution is -2.19. The average Bonchev–Trinajstić information content (AvgIpc) is 2.47. The van der Waals surface area contributed by atoms with Gasteiger partial charge in [-0.25, -0.2) is 0 Å². The van der Waals surface area contributed by atoms with Crippen molar-refractivity contribution in [3.05, 3.63) is 59.7 Å². The second kappa shape index (κ2) is 7.18. The van der Waals surface area contributed by atoms with Crippen molar-refractivity contribution < 1.29 is 4.79 Å². The Morgan fingerprint density at radius 2 is 1.59 bits per heavy atom. The molecule has 0 aliphatic heterocycles. The predicted molar refractivity (Wildman–Crippen MR) is 96.8 cm³/mol. The fourth-order valence-electron chi connectivity index (χ4n) is 2.08. The van der Waals surface area contributed by atoms with Gasteiger partial charge in [0.2, 0.25) is 0 Å². The van der Waals surface area contributed by atoms with Crippen LogP contribution in [0.25, 0.3) is 0 Å². The van der Waals surface area contributed by atoms with Gasteiger partial charge < -0.3 is 10.6 Å². The van der Waals surface area contributed by atoms with E-state index in [0.29, 0.717) is 16.6 Å². The third-order valence-electron chi connectivity index (χ3n) is 3.34. The van der Waals surface area contributed by atoms with E-state index in [0.717, 1.165) is 11.4 Å². The number of carbonyl (C=O) groups is 1. The van der Waals surface area contributed by atoms with Crippen LogP contribution >= 0.6 is 12.2 Å². The number of benzene rings is 2. The zero-order valence-electron chi connectivity index (χ0n) is 13.0. The molecule has 114 valence electrons. The topological polar surface area (TPSA) is 41.1 Å². The minimum Gasteiger partial charge on any atom is -0.332 e. The van der Waals surface area contributed by atoms with Crippen LogP contribution in [0.15, 0.2) is 48.5 Å². The summed E-state index contributed by atoms with van der Waals surface area (Å²) in [5, 5.41) is 6.77. The van der Waals surface area contributed by atoms with Gasteiger partial charge in [0.05, 0.1) is 0 Å². The molecule has 0 atom stereocenters. The Bertz CT molecular complexity index is 695. The third kappa shape index (κ3) is 4.40. The molecule has 0 saturated carbocycles. The Kier molecular flexibility index (Phi) is 5.28. The molecule has 0 radical (unpaired) electrons. The second-order valence-electron chi connectivity index (χ2n) is 5.50. The summed E-state index contributed by atoms with van der Waals surface area (Å²) in [6.45, 7) is 5.86. The first-order valence-electron chi connectivity index (χ1n) is 7.24. The number of nitrogens with one attached hydrogen (secondary N) is 2. The van der Waals surface area contributed by atoms with Crippen LogP contribution in [0.5, 0.6) is 0 Å². The summed E-state index contributed by atoms with van der Waals surface area (Å²) in [6, 6.07) is 15.5. The Morgan fingerprint density at radius 1 is 1.00 bits per heavy atom. The molecule has 0 spiro atoms. The van der Waals surface area contributed by atoms with Crippen molar-refractivity contribution in [2.75, 3.05) is 10.6 Å². The molecule has 0 amide bonds. The molecule has 2 aromatic rings. The van der Waals surface area contributed by atoms with E-state index in [-0.39, 0.29) is 5.78 Å². The second-order valence-corrected chi connectivity index (χ2v) is 5.90. The van der Waals surface area contributed by atoms with E-state index in [1.165, 1.54) is 5.56 Å². The minimum atomic E-state index is 0.0344. The van der Waals surface area contributed by atoms with E-state index in [1.54, 1.807) is 19.1 Å². The van der Waals surface area contributed by atoms with Gasteiger partial charge in [0.15, 0.2) is 10.9 Å². The van der Waals surface area contributed by atoms with Crippen LogP contribution < -0.4 is 10.6 Å². The lowest BCUT2D eigenvalue weighted by Gasteiger charge is -2.13. The summed E-state index contributed by atoms with van der Waals surface area (Å²) in [5.74, 6) is 0.502. The number of Topliss-reactive ketones (excluding diaryl/α,β-unsaturated/α-hetero) is 1. The SMILES string of the molecule is CC(=O)c1cccc(NC(=S)Nc2cccc(C(C)C)c2)c1. The lowest BCUT2D eigenvalue weighted by atomic mass is 10.0. The smallest absolute Gasteiger partial charge is 0.175 e. The van der Waals surface area contributed by atoms with E-state index in [4.69, 9.17) is 12.2 Å². The molecule has 2 rings (SSSR count). The summed E-state index contributed by atoms with van der Waals surface area (Å²) in [7, 11) is 0. The molecule has 22 heavy (non-hydrogen) atoms. The molecule has 0 saturated heterocycles. The molecule has 2 aromatic carbocycles. The normalized spacial score (nSPS) is 10.4. The van der Waals surface area contributed by atoms with Crippen molar-refractivity contribution >= 4 is 34.5 Å². The van der Waals surface area contributed by atoms with Crippen LogP contribution in [0.2, 0.25) is 0 Å². The van der Waals surface area contributed by atoms with E-state index in [9.17, 15) is 4.79 Å². The third-order valence-corrected chi connectivity index (χ3v) is 3.54. The molecule has 0 bridgehead atoms. The van der Waals surface area contributed by atoms with Gasteiger partial charge in [-0.2, -0.15) is 0 Å². The van der Waals surface area contributed by atoms with Crippen LogP contribution in [0.1, 0.15) is 42.6 Å². The number of rotatable bonds is 4. The summed E-state index contributed by atoms with van der Waals surface area (Å²) < 4.78 is 0. The molecule has 0 fully saturated rings. The molecule has 0 heterocycles. The lowest BCUT2D eigenvalue weighted by molar-refractivity contribution is 0.101. The van der Waals surface area contributed by atoms with Crippen molar-refractivity contribution in [3.8, 4) is 0 Å². The summed E-state index contributed by atoms with van der Waals surface area (Å²) in [4.78, 5) is 11.4. The molecule has 0 aliphatic rings. The van der Waals surface area contributed by atoms with E-state index in [2.05, 4.69) is 36.6 Å². The van der Waals surface area contributed by atoms with Gasteiger partial charge >= 0.3 is 0 Å². The van der Waals surface area contributed by atoms with Gasteiger partial charge in [-0.3, -0.25) is 4.79 Å². The Labute approximate surface area is 136 Å². The van der Waals surface area contributed by atoms with Crippen LogP contribution in [-0.2, 0) is 0 Å². The van der Waals surface area contributed by atoms with Crippen LogP contribution in [0, 0.1) is 0 Å². The predicted octanol–water partition coefficient (Wildman–Crippen LogP) is 4.82. The average molecular weight is 312 g/mol. The molecule has 0 aromatic heterocycles. The maximum atomic E-state index is 11.4. The van der Waals surface area contributed by atoms with Crippen molar-refractivity contribution in [1.82, 2.24) is 0 Å². The van der Waals surface area contributed by atoms with E-state index < -0.39 is 0 Å². The first-order chi connectivity index (χ1) is 10.5. The zero-order valence-corrected chi connectivity index (χ0v) is 13.8. The number of carbonyl (C=O) groups excluding carboxylic acids is 1. The largest absolute Gasteiger partial charge is 0.332 e. The fourth-order valence-corrected chi connectivity index (χ4v) is 2.32. The maximum absolute atomic E-state index is 11.4. The quantitative estimate of drug-likeness (QED) is 0.627. The van der Waals surface area contributed by atoms with Gasteiger partial charge in [-0.05, 0) is 54.9 Å². The molecule has 0 unspecified atom stereocenters. The molecule has 4 heteroatoms. The highest BCUT2D eigenvalue weighted by Gasteiger charge is 2.04. The van der Waals surface area contributed by atoms with Crippen molar-refractivity contribution in [1.29, 1.82) is 0 Å². The monoisotopic (exact) mass is 312 g/mol. The van der Waals surface area contributed by atoms with Gasteiger partial charge in [0.25, 0.3) is 0 Å². The summed E-state index contributed by atoms with van der Waals surface area (Å²) >= 11 is 5.33. The van der Waals surface area contributed by atoms with Gasteiger partial charge in [-0.15, -0.1) is 0 Å². The van der Waals surface area contributed by atoms with Gasteiger partial charge in [-0.1, -0.05) is 38.1 Å². The fraction of sp³-hybridized carbons (Fsp3) is 0.222.